The molecule has 0 atom stereocenters. The number of sulfone groups is 1. The van der Waals surface area contributed by atoms with Gasteiger partial charge >= 0.3 is 0 Å². The first-order valence-corrected chi connectivity index (χ1v) is 13.8. The van der Waals surface area contributed by atoms with Crippen molar-refractivity contribution in [1.29, 1.82) is 0 Å². The molecule has 5 N–H and O–H groups in total. The summed E-state index contributed by atoms with van der Waals surface area (Å²) in [6.07, 6.45) is 1.50. The second-order valence-electron chi connectivity index (χ2n) is 8.25. The number of nitrogens with two attached hydrogens (primary N) is 2. The fraction of sp³-hybridized carbons (Fsp3) is 0.174. The van der Waals surface area contributed by atoms with Crippen LogP contribution < -0.4 is 15.6 Å². The Morgan fingerprint density at radius 2 is 1.56 bits per heavy atom. The molecule has 0 unspecified atom stereocenters. The van der Waals surface area contributed by atoms with Crippen molar-refractivity contribution in [3.8, 4) is 34.0 Å². The Balaban J connectivity index is 1.58. The zero-order chi connectivity index (χ0) is 26.1. The number of aromatic nitrogens is 3. The standard InChI is InChI=1S/C23H24N6O5S2/c1-14(2)35(30,31)18-9-7-17(8-10-18)20-13-26-23(24)22(28-20)21-11-19(29-34-21)16-5-3-15(4-6-16)12-27-36(25,32)33/h3-11,13-14,27H,12H2,1-2H3,(H2,24,26)(H2,25,32,33). The van der Waals surface area contributed by atoms with Gasteiger partial charge in [-0.25, -0.2) is 23.5 Å². The third-order valence-electron chi connectivity index (χ3n) is 5.37. The Hall–Kier alpha value is -3.65. The van der Waals surface area contributed by atoms with Gasteiger partial charge in [0.15, 0.2) is 27.1 Å². The van der Waals surface area contributed by atoms with Crippen LogP contribution in [0.3, 0.4) is 0 Å². The van der Waals surface area contributed by atoms with Crippen LogP contribution in [0, 0.1) is 0 Å². The molecule has 4 aromatic rings. The third kappa shape index (κ3) is 5.60. The highest BCUT2D eigenvalue weighted by atomic mass is 32.2. The molecule has 0 aliphatic carbocycles. The molecule has 11 nitrogen and oxygen atoms in total. The minimum atomic E-state index is -3.78. The van der Waals surface area contributed by atoms with Gasteiger partial charge in [-0.05, 0) is 31.5 Å². The van der Waals surface area contributed by atoms with Gasteiger partial charge in [-0.1, -0.05) is 41.6 Å². The van der Waals surface area contributed by atoms with Gasteiger partial charge in [-0.3, -0.25) is 0 Å². The lowest BCUT2D eigenvalue weighted by atomic mass is 10.1. The van der Waals surface area contributed by atoms with Crippen LogP contribution in [0.5, 0.6) is 0 Å². The number of nitrogen functional groups attached to an aromatic ring is 1. The molecule has 2 heterocycles. The Labute approximate surface area is 208 Å². The van der Waals surface area contributed by atoms with Gasteiger partial charge in [0.05, 0.1) is 22.0 Å². The van der Waals surface area contributed by atoms with Crippen molar-refractivity contribution in [1.82, 2.24) is 19.8 Å². The van der Waals surface area contributed by atoms with Crippen LogP contribution in [-0.2, 0) is 26.6 Å². The molecule has 2 aromatic carbocycles. The van der Waals surface area contributed by atoms with E-state index in [1.54, 1.807) is 56.3 Å². The fourth-order valence-electron chi connectivity index (χ4n) is 3.31. The van der Waals surface area contributed by atoms with Crippen LogP contribution in [0.1, 0.15) is 19.4 Å². The van der Waals surface area contributed by atoms with E-state index in [0.717, 1.165) is 5.56 Å². The quantitative estimate of drug-likeness (QED) is 0.309. The molecule has 188 valence electrons. The van der Waals surface area contributed by atoms with Crippen molar-refractivity contribution in [3.63, 3.8) is 0 Å². The minimum Gasteiger partial charge on any atom is -0.382 e. The first kappa shape index (κ1) is 25.4. The Kier molecular flexibility index (Phi) is 6.91. The lowest BCUT2D eigenvalue weighted by Crippen LogP contribution is -2.30. The van der Waals surface area contributed by atoms with Crippen LogP contribution in [-0.4, -0.2) is 37.2 Å². The highest BCUT2D eigenvalue weighted by Gasteiger charge is 2.20. The van der Waals surface area contributed by atoms with Crippen molar-refractivity contribution in [3.05, 3.63) is 66.4 Å². The number of nitrogens with zero attached hydrogens (tertiary/aromatic N) is 3. The van der Waals surface area contributed by atoms with Crippen LogP contribution in [0.4, 0.5) is 5.82 Å². The first-order chi connectivity index (χ1) is 16.9. The maximum atomic E-state index is 12.4. The van der Waals surface area contributed by atoms with Gasteiger partial charge in [-0.15, -0.1) is 0 Å². The van der Waals surface area contributed by atoms with Gasteiger partial charge in [0.2, 0.25) is 0 Å². The maximum absolute atomic E-state index is 12.4. The largest absolute Gasteiger partial charge is 0.382 e. The summed E-state index contributed by atoms with van der Waals surface area (Å²) in [7, 11) is -7.17. The first-order valence-electron chi connectivity index (χ1n) is 10.7. The summed E-state index contributed by atoms with van der Waals surface area (Å²) in [6.45, 7) is 3.33. The molecular formula is C23H24N6O5S2. The number of nitrogens with one attached hydrogen (secondary N) is 1. The summed E-state index contributed by atoms with van der Waals surface area (Å²) in [5.41, 5.74) is 9.44. The molecular weight excluding hydrogens is 504 g/mol. The predicted molar refractivity (Wildman–Crippen MR) is 135 cm³/mol. The van der Waals surface area contributed by atoms with Gasteiger partial charge in [0.1, 0.15) is 5.69 Å². The molecule has 0 fully saturated rings. The normalized spacial score (nSPS) is 12.2. The fourth-order valence-corrected chi connectivity index (χ4v) is 4.73. The van der Waals surface area contributed by atoms with Crippen LogP contribution in [0.2, 0.25) is 0 Å². The zero-order valence-electron chi connectivity index (χ0n) is 19.4. The SMILES string of the molecule is CC(C)S(=O)(=O)c1ccc(-c2cnc(N)c(-c3cc(-c4ccc(CNS(N)(=O)=O)cc4)no3)n2)cc1. The van der Waals surface area contributed by atoms with E-state index in [1.807, 2.05) is 0 Å². The number of anilines is 1. The summed E-state index contributed by atoms with van der Waals surface area (Å²) in [4.78, 5) is 9.00. The van der Waals surface area contributed by atoms with E-state index in [9.17, 15) is 16.8 Å². The molecule has 0 amide bonds. The summed E-state index contributed by atoms with van der Waals surface area (Å²) in [5.74, 6) is 0.445. The van der Waals surface area contributed by atoms with Gasteiger partial charge in [0.25, 0.3) is 10.2 Å². The number of rotatable bonds is 8. The van der Waals surface area contributed by atoms with E-state index in [1.165, 1.54) is 18.3 Å². The number of benzene rings is 2. The molecule has 36 heavy (non-hydrogen) atoms. The number of hydrogen-bond donors (Lipinski definition) is 3. The van der Waals surface area contributed by atoms with Crippen LogP contribution >= 0.6 is 0 Å². The van der Waals surface area contributed by atoms with E-state index < -0.39 is 25.3 Å². The van der Waals surface area contributed by atoms with Gasteiger partial charge in [0, 0.05) is 23.7 Å². The predicted octanol–water partition coefficient (Wildman–Crippen LogP) is 2.52. The van der Waals surface area contributed by atoms with Crippen molar-refractivity contribution in [2.75, 3.05) is 5.73 Å². The monoisotopic (exact) mass is 528 g/mol. The molecule has 2 aromatic heterocycles. The van der Waals surface area contributed by atoms with E-state index in [-0.39, 0.29) is 17.3 Å². The van der Waals surface area contributed by atoms with Crippen LogP contribution in [0.25, 0.3) is 34.0 Å². The molecule has 0 spiro atoms. The number of hydrogen-bond acceptors (Lipinski definition) is 9. The Morgan fingerprint density at radius 1 is 0.944 bits per heavy atom. The van der Waals surface area contributed by atoms with Crippen molar-refractivity contribution in [2.24, 2.45) is 5.14 Å². The highest BCUT2D eigenvalue weighted by Crippen LogP contribution is 2.30. The van der Waals surface area contributed by atoms with E-state index in [4.69, 9.17) is 15.4 Å². The van der Waals surface area contributed by atoms with Crippen molar-refractivity contribution in [2.45, 2.75) is 30.5 Å². The average molecular weight is 529 g/mol. The second kappa shape index (κ2) is 9.78. The molecule has 0 aliphatic rings. The lowest BCUT2D eigenvalue weighted by molar-refractivity contribution is 0.434. The second-order valence-corrected chi connectivity index (χ2v) is 12.1. The zero-order valence-corrected chi connectivity index (χ0v) is 21.0. The van der Waals surface area contributed by atoms with E-state index >= 15 is 0 Å². The Morgan fingerprint density at radius 3 is 2.17 bits per heavy atom. The van der Waals surface area contributed by atoms with Gasteiger partial charge in [-0.2, -0.15) is 13.1 Å². The summed E-state index contributed by atoms with van der Waals surface area (Å²) in [5, 5.41) is 8.50. The average Bonchev–Trinajstić information content (AvgIpc) is 3.33. The van der Waals surface area contributed by atoms with E-state index in [0.29, 0.717) is 34.0 Å². The third-order valence-corrected chi connectivity index (χ3v) is 8.09. The van der Waals surface area contributed by atoms with Crippen LogP contribution in [0.15, 0.2) is 70.2 Å². The summed E-state index contributed by atoms with van der Waals surface area (Å²) >= 11 is 0. The molecule has 0 saturated carbocycles. The maximum Gasteiger partial charge on any atom is 0.274 e. The molecule has 0 radical (unpaired) electrons. The molecule has 0 aliphatic heterocycles. The van der Waals surface area contributed by atoms with E-state index in [2.05, 4.69) is 19.8 Å². The van der Waals surface area contributed by atoms with Crippen molar-refractivity contribution < 1.29 is 21.4 Å². The lowest BCUT2D eigenvalue weighted by Gasteiger charge is -2.09. The van der Waals surface area contributed by atoms with Gasteiger partial charge < -0.3 is 10.3 Å². The molecule has 4 rings (SSSR count). The summed E-state index contributed by atoms with van der Waals surface area (Å²) in [6, 6.07) is 15.1. The molecule has 13 heteroatoms. The summed E-state index contributed by atoms with van der Waals surface area (Å²) < 4.78 is 54.5. The van der Waals surface area contributed by atoms with Crippen molar-refractivity contribution >= 4 is 25.9 Å². The highest BCUT2D eigenvalue weighted by molar-refractivity contribution is 7.92. The smallest absolute Gasteiger partial charge is 0.274 e. The topological polar surface area (TPSA) is 184 Å². The molecule has 0 saturated heterocycles. The molecule has 0 bridgehead atoms. The Bertz CT molecular complexity index is 1600. The minimum absolute atomic E-state index is 0.0620.